The summed E-state index contributed by atoms with van der Waals surface area (Å²) in [4.78, 5) is 10.5. The Morgan fingerprint density at radius 3 is 2.58 bits per heavy atom. The van der Waals surface area contributed by atoms with Crippen molar-refractivity contribution in [2.24, 2.45) is 0 Å². The maximum Gasteiger partial charge on any atom is 0.339 e. The van der Waals surface area contributed by atoms with Gasteiger partial charge in [-0.2, -0.15) is 0 Å². The Morgan fingerprint density at radius 1 is 1.50 bits per heavy atom. The van der Waals surface area contributed by atoms with Crippen LogP contribution in [0.15, 0.2) is 16.6 Å². The highest BCUT2D eigenvalue weighted by molar-refractivity contribution is 9.10. The number of aryl methyl sites for hydroxylation is 1. The van der Waals surface area contributed by atoms with E-state index >= 15 is 0 Å². The molecule has 0 aliphatic rings. The molecule has 0 unspecified atom stereocenters. The van der Waals surface area contributed by atoms with E-state index in [4.69, 9.17) is 5.11 Å². The molecule has 0 radical (unpaired) electrons. The molecule has 3 nitrogen and oxygen atoms in total. The molecule has 0 fully saturated rings. The number of hydrogen-bond donors (Lipinski definition) is 2. The Bertz CT molecular complexity index is 333. The Morgan fingerprint density at radius 2 is 2.08 bits per heavy atom. The van der Waals surface area contributed by atoms with Crippen molar-refractivity contribution in [3.63, 3.8) is 0 Å². The first-order chi connectivity index (χ1) is 5.54. The number of carboxylic acid groups (broad SMARTS) is 1. The standard InChI is InChI=1S/C8H7BrO3/c1-4-2-3-5(8(11)12)7(10)6(4)9/h2-3,10H,1H3,(H,11,12). The van der Waals surface area contributed by atoms with Crippen molar-refractivity contribution >= 4 is 21.9 Å². The van der Waals surface area contributed by atoms with Gasteiger partial charge in [-0.05, 0) is 34.5 Å². The summed E-state index contributed by atoms with van der Waals surface area (Å²) in [6, 6.07) is 3.00. The largest absolute Gasteiger partial charge is 0.506 e. The molecule has 0 bridgehead atoms. The number of aromatic hydroxyl groups is 1. The van der Waals surface area contributed by atoms with Crippen LogP contribution >= 0.6 is 15.9 Å². The monoisotopic (exact) mass is 230 g/mol. The third-order valence-corrected chi connectivity index (χ3v) is 2.54. The van der Waals surface area contributed by atoms with Crippen molar-refractivity contribution in [2.75, 3.05) is 0 Å². The third-order valence-electron chi connectivity index (χ3n) is 1.54. The second-order valence-electron chi connectivity index (χ2n) is 2.40. The number of rotatable bonds is 1. The number of hydrogen-bond acceptors (Lipinski definition) is 2. The lowest BCUT2D eigenvalue weighted by atomic mass is 10.1. The SMILES string of the molecule is Cc1ccc(C(=O)O)c(O)c1Br. The van der Waals surface area contributed by atoms with E-state index in [1.165, 1.54) is 6.07 Å². The Balaban J connectivity index is 3.36. The molecular formula is C8H7BrO3. The van der Waals surface area contributed by atoms with Crippen LogP contribution in [0.1, 0.15) is 15.9 Å². The number of halogens is 1. The Kier molecular flexibility index (Phi) is 2.38. The van der Waals surface area contributed by atoms with Gasteiger partial charge in [0.2, 0.25) is 0 Å². The maximum absolute atomic E-state index is 10.5. The van der Waals surface area contributed by atoms with Crippen LogP contribution in [-0.2, 0) is 0 Å². The zero-order chi connectivity index (χ0) is 9.30. The van der Waals surface area contributed by atoms with Gasteiger partial charge in [0.1, 0.15) is 11.3 Å². The minimum absolute atomic E-state index is 0.0903. The minimum Gasteiger partial charge on any atom is -0.506 e. The van der Waals surface area contributed by atoms with Gasteiger partial charge >= 0.3 is 5.97 Å². The van der Waals surface area contributed by atoms with Gasteiger partial charge < -0.3 is 10.2 Å². The molecule has 0 saturated carbocycles. The molecule has 0 atom stereocenters. The maximum atomic E-state index is 10.5. The molecule has 12 heavy (non-hydrogen) atoms. The van der Waals surface area contributed by atoms with Gasteiger partial charge in [0, 0.05) is 0 Å². The number of carboxylic acids is 1. The third kappa shape index (κ3) is 1.43. The van der Waals surface area contributed by atoms with Gasteiger partial charge in [-0.1, -0.05) is 6.07 Å². The number of aromatic carboxylic acids is 1. The second-order valence-corrected chi connectivity index (χ2v) is 3.19. The van der Waals surface area contributed by atoms with Crippen LogP contribution in [0, 0.1) is 6.92 Å². The van der Waals surface area contributed by atoms with E-state index in [9.17, 15) is 9.90 Å². The average molecular weight is 231 g/mol. The van der Waals surface area contributed by atoms with Gasteiger partial charge in [-0.3, -0.25) is 0 Å². The summed E-state index contributed by atoms with van der Waals surface area (Å²) in [6.07, 6.45) is 0. The fraction of sp³-hybridized carbons (Fsp3) is 0.125. The first kappa shape index (κ1) is 9.06. The van der Waals surface area contributed by atoms with Crippen LogP contribution in [-0.4, -0.2) is 16.2 Å². The predicted octanol–water partition coefficient (Wildman–Crippen LogP) is 2.16. The fourth-order valence-corrected chi connectivity index (χ4v) is 1.18. The number of phenols is 1. The van der Waals surface area contributed by atoms with Crippen molar-refractivity contribution in [2.45, 2.75) is 6.92 Å². The molecule has 2 N–H and O–H groups in total. The normalized spacial score (nSPS) is 9.83. The molecule has 0 spiro atoms. The van der Waals surface area contributed by atoms with Gasteiger partial charge in [0.25, 0.3) is 0 Å². The van der Waals surface area contributed by atoms with E-state index in [1.54, 1.807) is 13.0 Å². The Hall–Kier alpha value is -1.03. The zero-order valence-corrected chi connectivity index (χ0v) is 7.92. The second kappa shape index (κ2) is 3.15. The predicted molar refractivity (Wildman–Crippen MR) is 47.5 cm³/mol. The van der Waals surface area contributed by atoms with Crippen LogP contribution in [0.3, 0.4) is 0 Å². The van der Waals surface area contributed by atoms with Crippen LogP contribution in [0.2, 0.25) is 0 Å². The summed E-state index contributed by atoms with van der Waals surface area (Å²) >= 11 is 3.08. The van der Waals surface area contributed by atoms with Crippen LogP contribution in [0.25, 0.3) is 0 Å². The first-order valence-corrected chi connectivity index (χ1v) is 4.04. The number of carbonyl (C=O) groups is 1. The smallest absolute Gasteiger partial charge is 0.339 e. The van der Waals surface area contributed by atoms with E-state index in [2.05, 4.69) is 15.9 Å². The van der Waals surface area contributed by atoms with Gasteiger partial charge in [-0.15, -0.1) is 0 Å². The highest BCUT2D eigenvalue weighted by Gasteiger charge is 2.12. The molecule has 64 valence electrons. The summed E-state index contributed by atoms with van der Waals surface area (Å²) in [6.45, 7) is 1.77. The lowest BCUT2D eigenvalue weighted by Gasteiger charge is -2.03. The molecule has 4 heteroatoms. The summed E-state index contributed by atoms with van der Waals surface area (Å²) in [5.74, 6) is -1.35. The van der Waals surface area contributed by atoms with Crippen molar-refractivity contribution in [1.29, 1.82) is 0 Å². The highest BCUT2D eigenvalue weighted by Crippen LogP contribution is 2.30. The molecule has 0 saturated heterocycles. The van der Waals surface area contributed by atoms with Crippen molar-refractivity contribution in [3.8, 4) is 5.75 Å². The molecule has 1 rings (SSSR count). The van der Waals surface area contributed by atoms with Crippen LogP contribution < -0.4 is 0 Å². The van der Waals surface area contributed by atoms with E-state index in [1.807, 2.05) is 0 Å². The van der Waals surface area contributed by atoms with E-state index < -0.39 is 5.97 Å². The molecular weight excluding hydrogens is 224 g/mol. The van der Waals surface area contributed by atoms with Gasteiger partial charge in [0.05, 0.1) is 4.47 Å². The van der Waals surface area contributed by atoms with Gasteiger partial charge in [0.15, 0.2) is 0 Å². The molecule has 0 aromatic heterocycles. The van der Waals surface area contributed by atoms with E-state index in [0.29, 0.717) is 4.47 Å². The highest BCUT2D eigenvalue weighted by atomic mass is 79.9. The van der Waals surface area contributed by atoms with E-state index in [-0.39, 0.29) is 11.3 Å². The molecule has 0 aliphatic carbocycles. The molecule has 1 aromatic rings. The van der Waals surface area contributed by atoms with Crippen molar-refractivity contribution in [1.82, 2.24) is 0 Å². The van der Waals surface area contributed by atoms with Crippen LogP contribution in [0.4, 0.5) is 0 Å². The summed E-state index contributed by atoms with van der Waals surface area (Å²) in [5, 5.41) is 17.9. The van der Waals surface area contributed by atoms with Gasteiger partial charge in [-0.25, -0.2) is 4.79 Å². The summed E-state index contributed by atoms with van der Waals surface area (Å²) < 4.78 is 0.433. The van der Waals surface area contributed by atoms with Crippen molar-refractivity contribution in [3.05, 3.63) is 27.7 Å². The lowest BCUT2D eigenvalue weighted by Crippen LogP contribution is -1.97. The molecule has 0 aliphatic heterocycles. The average Bonchev–Trinajstić information content (AvgIpc) is 2.00. The Labute approximate surface area is 77.8 Å². The number of benzene rings is 1. The fourth-order valence-electron chi connectivity index (χ4n) is 0.838. The van der Waals surface area contributed by atoms with Crippen molar-refractivity contribution < 1.29 is 15.0 Å². The zero-order valence-electron chi connectivity index (χ0n) is 6.34. The molecule has 0 amide bonds. The molecule has 1 aromatic carbocycles. The molecule has 0 heterocycles. The first-order valence-electron chi connectivity index (χ1n) is 3.25. The van der Waals surface area contributed by atoms with E-state index in [0.717, 1.165) is 5.56 Å². The summed E-state index contributed by atoms with van der Waals surface area (Å²) in [7, 11) is 0. The topological polar surface area (TPSA) is 57.5 Å². The van der Waals surface area contributed by atoms with Crippen LogP contribution in [0.5, 0.6) is 5.75 Å². The quantitative estimate of drug-likeness (QED) is 0.778. The lowest BCUT2D eigenvalue weighted by molar-refractivity contribution is 0.0693. The summed E-state index contributed by atoms with van der Waals surface area (Å²) in [5.41, 5.74) is 0.713. The minimum atomic E-state index is -1.13.